The first-order chi connectivity index (χ1) is 6.67. The summed E-state index contributed by atoms with van der Waals surface area (Å²) < 4.78 is 0.994. The number of aryl methyl sites for hydroxylation is 1. The SMILES string of the molecule is CCc1cc(Br)ccc1NC(=O)NN. The fourth-order valence-corrected chi connectivity index (χ4v) is 1.54. The van der Waals surface area contributed by atoms with Crippen LogP contribution in [-0.2, 0) is 6.42 Å². The maximum atomic E-state index is 11.0. The summed E-state index contributed by atoms with van der Waals surface area (Å²) in [6.45, 7) is 2.02. The molecule has 0 saturated carbocycles. The van der Waals surface area contributed by atoms with Gasteiger partial charge in [-0.25, -0.2) is 10.6 Å². The molecule has 0 aliphatic carbocycles. The van der Waals surface area contributed by atoms with Crippen molar-refractivity contribution in [3.05, 3.63) is 28.2 Å². The monoisotopic (exact) mass is 257 g/mol. The molecule has 5 heteroatoms. The third-order valence-corrected chi connectivity index (χ3v) is 2.32. The average molecular weight is 258 g/mol. The van der Waals surface area contributed by atoms with E-state index >= 15 is 0 Å². The van der Waals surface area contributed by atoms with Crippen LogP contribution < -0.4 is 16.6 Å². The Morgan fingerprint density at radius 1 is 1.57 bits per heavy atom. The molecular weight excluding hydrogens is 246 g/mol. The molecule has 4 nitrogen and oxygen atoms in total. The zero-order valence-electron chi connectivity index (χ0n) is 7.80. The van der Waals surface area contributed by atoms with Gasteiger partial charge in [0.1, 0.15) is 0 Å². The second-order valence-corrected chi connectivity index (χ2v) is 3.67. The van der Waals surface area contributed by atoms with Gasteiger partial charge in [-0.1, -0.05) is 22.9 Å². The van der Waals surface area contributed by atoms with Crippen LogP contribution in [0.4, 0.5) is 10.5 Å². The molecule has 1 rings (SSSR count). The molecule has 1 aromatic carbocycles. The van der Waals surface area contributed by atoms with Crippen LogP contribution in [0.5, 0.6) is 0 Å². The van der Waals surface area contributed by atoms with Crippen molar-refractivity contribution in [1.82, 2.24) is 5.43 Å². The zero-order valence-corrected chi connectivity index (χ0v) is 9.39. The Morgan fingerprint density at radius 3 is 2.86 bits per heavy atom. The Bertz CT molecular complexity index is 341. The van der Waals surface area contributed by atoms with E-state index in [0.29, 0.717) is 0 Å². The first-order valence-electron chi connectivity index (χ1n) is 4.23. The average Bonchev–Trinajstić information content (AvgIpc) is 2.20. The van der Waals surface area contributed by atoms with Crippen molar-refractivity contribution in [3.63, 3.8) is 0 Å². The van der Waals surface area contributed by atoms with Crippen molar-refractivity contribution in [1.29, 1.82) is 0 Å². The molecule has 0 unspecified atom stereocenters. The molecule has 0 radical (unpaired) electrons. The third kappa shape index (κ3) is 2.71. The summed E-state index contributed by atoms with van der Waals surface area (Å²) in [5.41, 5.74) is 3.85. The summed E-state index contributed by atoms with van der Waals surface area (Å²) in [5, 5.41) is 2.64. The smallest absolute Gasteiger partial charge is 0.307 e. The molecule has 0 fully saturated rings. The Balaban J connectivity index is 2.90. The summed E-state index contributed by atoms with van der Waals surface area (Å²) in [6.07, 6.45) is 0.847. The number of rotatable bonds is 2. The third-order valence-electron chi connectivity index (χ3n) is 1.83. The Labute approximate surface area is 91.0 Å². The number of nitrogens with one attached hydrogen (secondary N) is 2. The molecule has 1 aromatic rings. The molecule has 0 heterocycles. The fraction of sp³-hybridized carbons (Fsp3) is 0.222. The van der Waals surface area contributed by atoms with E-state index in [4.69, 9.17) is 5.84 Å². The van der Waals surface area contributed by atoms with Crippen LogP contribution in [0.2, 0.25) is 0 Å². The number of nitrogens with two attached hydrogens (primary N) is 1. The lowest BCUT2D eigenvalue weighted by Crippen LogP contribution is -2.34. The first-order valence-corrected chi connectivity index (χ1v) is 5.02. The molecule has 0 aliphatic rings. The number of hydrogen-bond donors (Lipinski definition) is 3. The standard InChI is InChI=1S/C9H12BrN3O/c1-2-6-5-7(10)3-4-8(6)12-9(14)13-11/h3-5H,2,11H2,1H3,(H2,12,13,14). The fourth-order valence-electron chi connectivity index (χ4n) is 1.14. The lowest BCUT2D eigenvalue weighted by Gasteiger charge is -2.09. The number of hydrogen-bond acceptors (Lipinski definition) is 2. The number of halogens is 1. The van der Waals surface area contributed by atoms with Gasteiger partial charge in [-0.2, -0.15) is 0 Å². The number of hydrazine groups is 1. The lowest BCUT2D eigenvalue weighted by atomic mass is 10.1. The molecule has 4 N–H and O–H groups in total. The maximum Gasteiger partial charge on any atom is 0.333 e. The van der Waals surface area contributed by atoms with Gasteiger partial charge in [0.25, 0.3) is 0 Å². The predicted molar refractivity (Wildman–Crippen MR) is 59.9 cm³/mol. The number of amides is 2. The van der Waals surface area contributed by atoms with Crippen molar-refractivity contribution in [2.45, 2.75) is 13.3 Å². The van der Waals surface area contributed by atoms with Crippen LogP contribution in [0.1, 0.15) is 12.5 Å². The molecule has 76 valence electrons. The van der Waals surface area contributed by atoms with Crippen molar-refractivity contribution in [2.75, 3.05) is 5.32 Å². The predicted octanol–water partition coefficient (Wildman–Crippen LogP) is 2.01. The highest BCUT2D eigenvalue weighted by Crippen LogP contribution is 2.21. The van der Waals surface area contributed by atoms with Gasteiger partial charge in [-0.3, -0.25) is 5.43 Å². The number of anilines is 1. The summed E-state index contributed by atoms with van der Waals surface area (Å²) in [4.78, 5) is 11.0. The molecule has 2 amide bonds. The van der Waals surface area contributed by atoms with Crippen LogP contribution in [0.15, 0.2) is 22.7 Å². The normalized spacial score (nSPS) is 9.64. The Morgan fingerprint density at radius 2 is 2.29 bits per heavy atom. The summed E-state index contributed by atoms with van der Waals surface area (Å²) >= 11 is 3.37. The van der Waals surface area contributed by atoms with Crippen LogP contribution in [0.3, 0.4) is 0 Å². The van der Waals surface area contributed by atoms with Crippen LogP contribution in [0, 0.1) is 0 Å². The molecule has 0 atom stereocenters. The summed E-state index contributed by atoms with van der Waals surface area (Å²) in [6, 6.07) is 5.25. The molecule has 0 spiro atoms. The maximum absolute atomic E-state index is 11.0. The van der Waals surface area contributed by atoms with Gasteiger partial charge in [-0.15, -0.1) is 0 Å². The molecular formula is C9H12BrN3O. The molecule has 0 bridgehead atoms. The van der Waals surface area contributed by atoms with E-state index in [-0.39, 0.29) is 0 Å². The molecule has 0 aromatic heterocycles. The van der Waals surface area contributed by atoms with Crippen molar-refractivity contribution >= 4 is 27.6 Å². The van der Waals surface area contributed by atoms with Gasteiger partial charge in [0.15, 0.2) is 0 Å². The lowest BCUT2D eigenvalue weighted by molar-refractivity contribution is 0.252. The summed E-state index contributed by atoms with van der Waals surface area (Å²) in [7, 11) is 0. The van der Waals surface area contributed by atoms with E-state index in [1.54, 1.807) is 0 Å². The largest absolute Gasteiger partial charge is 0.333 e. The molecule has 0 saturated heterocycles. The zero-order chi connectivity index (χ0) is 10.6. The van der Waals surface area contributed by atoms with E-state index in [1.807, 2.05) is 30.5 Å². The highest BCUT2D eigenvalue weighted by Gasteiger charge is 2.04. The van der Waals surface area contributed by atoms with Crippen molar-refractivity contribution < 1.29 is 4.79 Å². The molecule has 14 heavy (non-hydrogen) atoms. The number of benzene rings is 1. The number of carbonyl (C=O) groups is 1. The van der Waals surface area contributed by atoms with Gasteiger partial charge < -0.3 is 5.32 Å². The number of urea groups is 1. The van der Waals surface area contributed by atoms with E-state index in [0.717, 1.165) is 22.1 Å². The van der Waals surface area contributed by atoms with E-state index in [2.05, 4.69) is 21.2 Å². The van der Waals surface area contributed by atoms with Crippen molar-refractivity contribution in [3.8, 4) is 0 Å². The highest BCUT2D eigenvalue weighted by molar-refractivity contribution is 9.10. The second-order valence-electron chi connectivity index (χ2n) is 2.75. The van der Waals surface area contributed by atoms with Gasteiger partial charge >= 0.3 is 6.03 Å². The van der Waals surface area contributed by atoms with Crippen LogP contribution >= 0.6 is 15.9 Å². The number of carbonyl (C=O) groups excluding carboxylic acids is 1. The Kier molecular flexibility index (Phi) is 3.91. The van der Waals surface area contributed by atoms with E-state index in [1.165, 1.54) is 0 Å². The quantitative estimate of drug-likeness (QED) is 0.431. The minimum Gasteiger partial charge on any atom is -0.307 e. The van der Waals surface area contributed by atoms with Crippen LogP contribution in [-0.4, -0.2) is 6.03 Å². The minimum absolute atomic E-state index is 0.415. The van der Waals surface area contributed by atoms with Crippen LogP contribution in [0.25, 0.3) is 0 Å². The Hall–Kier alpha value is -1.07. The second kappa shape index (κ2) is 4.97. The van der Waals surface area contributed by atoms with Gasteiger partial charge in [0, 0.05) is 10.2 Å². The van der Waals surface area contributed by atoms with Gasteiger partial charge in [0.2, 0.25) is 0 Å². The van der Waals surface area contributed by atoms with E-state index < -0.39 is 6.03 Å². The van der Waals surface area contributed by atoms with Gasteiger partial charge in [-0.05, 0) is 30.2 Å². The summed E-state index contributed by atoms with van der Waals surface area (Å²) in [5.74, 6) is 4.97. The highest BCUT2D eigenvalue weighted by atomic mass is 79.9. The molecule has 0 aliphatic heterocycles. The van der Waals surface area contributed by atoms with Gasteiger partial charge in [0.05, 0.1) is 0 Å². The van der Waals surface area contributed by atoms with E-state index in [9.17, 15) is 4.79 Å². The van der Waals surface area contributed by atoms with Crippen molar-refractivity contribution in [2.24, 2.45) is 5.84 Å². The minimum atomic E-state index is -0.415. The first kappa shape index (κ1) is 11.0. The topological polar surface area (TPSA) is 67.2 Å².